The lowest BCUT2D eigenvalue weighted by atomic mass is 10.2. The second-order valence-electron chi connectivity index (χ2n) is 4.42. The molecule has 3 aromatic rings. The monoisotopic (exact) mass is 363 g/mol. The molecule has 0 radical (unpaired) electrons. The Morgan fingerprint density at radius 3 is 2.42 bits per heavy atom. The van der Waals surface area contributed by atoms with E-state index in [4.69, 9.17) is 5.11 Å². The van der Waals surface area contributed by atoms with Gasteiger partial charge >= 0.3 is 5.97 Å². The lowest BCUT2D eigenvalue weighted by Crippen LogP contribution is -2.15. The van der Waals surface area contributed by atoms with Crippen LogP contribution in [0.1, 0.15) is 10.5 Å². The maximum absolute atomic E-state index is 12.3. The van der Waals surface area contributed by atoms with E-state index < -0.39 is 16.0 Å². The summed E-state index contributed by atoms with van der Waals surface area (Å²) in [7, 11) is -4.02. The standard InChI is InChI=1S/C13H9N5O4S2/c19-13(20)10-12(23-7-17-10)18-24(21,22)9-5-15-11(16-6-9)8-1-3-14-4-2-8/h1-7,18H,(H,19,20). The van der Waals surface area contributed by atoms with Crippen molar-refractivity contribution >= 4 is 32.3 Å². The van der Waals surface area contributed by atoms with Gasteiger partial charge in [-0.15, -0.1) is 11.3 Å². The highest BCUT2D eigenvalue weighted by molar-refractivity contribution is 7.93. The van der Waals surface area contributed by atoms with Crippen molar-refractivity contribution in [3.63, 3.8) is 0 Å². The van der Waals surface area contributed by atoms with Gasteiger partial charge in [-0.1, -0.05) is 0 Å². The van der Waals surface area contributed by atoms with Crippen molar-refractivity contribution in [3.05, 3.63) is 48.1 Å². The van der Waals surface area contributed by atoms with E-state index >= 15 is 0 Å². The third kappa shape index (κ3) is 3.21. The Hall–Kier alpha value is -2.92. The summed E-state index contributed by atoms with van der Waals surface area (Å²) in [6, 6.07) is 3.39. The van der Waals surface area contributed by atoms with Gasteiger partial charge in [0, 0.05) is 18.0 Å². The molecule has 0 unspecified atom stereocenters. The topological polar surface area (TPSA) is 135 Å². The molecule has 24 heavy (non-hydrogen) atoms. The van der Waals surface area contributed by atoms with Gasteiger partial charge in [-0.2, -0.15) is 0 Å². The highest BCUT2D eigenvalue weighted by atomic mass is 32.2. The number of hydrogen-bond acceptors (Lipinski definition) is 8. The van der Waals surface area contributed by atoms with Gasteiger partial charge in [0.2, 0.25) is 0 Å². The molecular weight excluding hydrogens is 354 g/mol. The van der Waals surface area contributed by atoms with Crippen molar-refractivity contribution in [1.29, 1.82) is 0 Å². The van der Waals surface area contributed by atoms with Gasteiger partial charge in [0.15, 0.2) is 11.5 Å². The molecule has 3 aromatic heterocycles. The number of aromatic carboxylic acids is 1. The summed E-state index contributed by atoms with van der Waals surface area (Å²) in [5.74, 6) is -0.974. The van der Waals surface area contributed by atoms with Crippen LogP contribution in [0.25, 0.3) is 11.4 Å². The first-order valence-electron chi connectivity index (χ1n) is 6.39. The lowest BCUT2D eigenvalue weighted by molar-refractivity contribution is 0.0692. The summed E-state index contributed by atoms with van der Waals surface area (Å²) >= 11 is 0.869. The highest BCUT2D eigenvalue weighted by Crippen LogP contribution is 2.24. The fourth-order valence-electron chi connectivity index (χ4n) is 1.76. The van der Waals surface area contributed by atoms with E-state index in [0.29, 0.717) is 11.4 Å². The van der Waals surface area contributed by atoms with Crippen molar-refractivity contribution in [2.75, 3.05) is 4.72 Å². The van der Waals surface area contributed by atoms with Gasteiger partial charge in [-0.25, -0.2) is 28.2 Å². The Bertz CT molecular complexity index is 971. The predicted molar refractivity (Wildman–Crippen MR) is 85.1 cm³/mol. The van der Waals surface area contributed by atoms with E-state index in [-0.39, 0.29) is 15.6 Å². The Morgan fingerprint density at radius 1 is 1.12 bits per heavy atom. The minimum atomic E-state index is -4.02. The van der Waals surface area contributed by atoms with E-state index in [1.165, 1.54) is 5.51 Å². The van der Waals surface area contributed by atoms with Gasteiger partial charge in [-0.05, 0) is 12.1 Å². The van der Waals surface area contributed by atoms with Crippen molar-refractivity contribution in [2.45, 2.75) is 4.90 Å². The number of anilines is 1. The fourth-order valence-corrected chi connectivity index (χ4v) is 3.64. The predicted octanol–water partition coefficient (Wildman–Crippen LogP) is 1.49. The third-order valence-corrected chi connectivity index (χ3v) is 5.05. The molecule has 0 saturated carbocycles. The Balaban J connectivity index is 1.88. The molecule has 0 aliphatic rings. The molecule has 11 heteroatoms. The molecule has 0 aliphatic carbocycles. The zero-order chi connectivity index (χ0) is 17.2. The maximum Gasteiger partial charge on any atom is 0.357 e. The number of thiazole rings is 1. The van der Waals surface area contributed by atoms with Gasteiger partial charge in [0.05, 0.1) is 17.9 Å². The second kappa shape index (κ2) is 6.29. The number of rotatable bonds is 5. The first-order valence-corrected chi connectivity index (χ1v) is 8.76. The number of carbonyl (C=O) groups is 1. The molecule has 122 valence electrons. The quantitative estimate of drug-likeness (QED) is 0.696. The van der Waals surface area contributed by atoms with Gasteiger partial charge in [0.25, 0.3) is 10.0 Å². The summed E-state index contributed by atoms with van der Waals surface area (Å²) in [4.78, 5) is 26.3. The first kappa shape index (κ1) is 16.0. The number of sulfonamides is 1. The van der Waals surface area contributed by atoms with Crippen molar-refractivity contribution in [2.24, 2.45) is 0 Å². The maximum atomic E-state index is 12.3. The van der Waals surface area contributed by atoms with Crippen LogP contribution in [0.15, 0.2) is 47.3 Å². The Morgan fingerprint density at radius 2 is 1.79 bits per heavy atom. The van der Waals surface area contributed by atoms with Crippen LogP contribution in [-0.4, -0.2) is 39.4 Å². The van der Waals surface area contributed by atoms with E-state index in [2.05, 4.69) is 24.7 Å². The van der Waals surface area contributed by atoms with Crippen molar-refractivity contribution in [3.8, 4) is 11.4 Å². The summed E-state index contributed by atoms with van der Waals surface area (Å²) in [5.41, 5.74) is 1.57. The van der Waals surface area contributed by atoms with Crippen LogP contribution in [0.5, 0.6) is 0 Å². The van der Waals surface area contributed by atoms with Crippen LogP contribution in [0.4, 0.5) is 5.00 Å². The van der Waals surface area contributed by atoms with Crippen molar-refractivity contribution < 1.29 is 18.3 Å². The molecule has 2 N–H and O–H groups in total. The number of pyridine rings is 1. The number of carboxylic acids is 1. The van der Waals surface area contributed by atoms with Crippen LogP contribution < -0.4 is 4.72 Å². The van der Waals surface area contributed by atoms with Crippen LogP contribution in [0, 0.1) is 0 Å². The van der Waals surface area contributed by atoms with Crippen LogP contribution >= 0.6 is 11.3 Å². The molecule has 3 rings (SSSR count). The van der Waals surface area contributed by atoms with Crippen LogP contribution in [-0.2, 0) is 10.0 Å². The highest BCUT2D eigenvalue weighted by Gasteiger charge is 2.21. The molecule has 0 atom stereocenters. The first-order chi connectivity index (χ1) is 11.5. The minimum absolute atomic E-state index is 0.0827. The normalized spacial score (nSPS) is 11.2. The van der Waals surface area contributed by atoms with E-state index in [1.807, 2.05) is 0 Å². The molecule has 0 fully saturated rings. The zero-order valence-corrected chi connectivity index (χ0v) is 13.5. The lowest BCUT2D eigenvalue weighted by Gasteiger charge is -2.06. The molecule has 0 spiro atoms. The zero-order valence-electron chi connectivity index (χ0n) is 11.8. The smallest absolute Gasteiger partial charge is 0.357 e. The van der Waals surface area contributed by atoms with E-state index in [1.54, 1.807) is 24.5 Å². The molecule has 3 heterocycles. The van der Waals surface area contributed by atoms with Gasteiger partial charge < -0.3 is 5.11 Å². The Labute approximate surface area is 140 Å². The number of nitrogens with zero attached hydrogens (tertiary/aromatic N) is 4. The summed E-state index contributed by atoms with van der Waals surface area (Å²) in [6.07, 6.45) is 5.43. The molecule has 0 amide bonds. The van der Waals surface area contributed by atoms with Crippen molar-refractivity contribution in [1.82, 2.24) is 19.9 Å². The number of hydrogen-bond donors (Lipinski definition) is 2. The average molecular weight is 363 g/mol. The van der Waals surface area contributed by atoms with Crippen LogP contribution in [0.2, 0.25) is 0 Å². The molecule has 0 saturated heterocycles. The molecular formula is C13H9N5O4S2. The van der Waals surface area contributed by atoms with E-state index in [9.17, 15) is 13.2 Å². The minimum Gasteiger partial charge on any atom is -0.476 e. The molecule has 0 aromatic carbocycles. The third-order valence-electron chi connectivity index (χ3n) is 2.87. The number of carboxylic acid groups (broad SMARTS) is 1. The molecule has 0 bridgehead atoms. The number of nitrogens with one attached hydrogen (secondary N) is 1. The Kier molecular flexibility index (Phi) is 4.18. The summed E-state index contributed by atoms with van der Waals surface area (Å²) in [6.45, 7) is 0. The second-order valence-corrected chi connectivity index (χ2v) is 6.96. The van der Waals surface area contributed by atoms with Crippen LogP contribution in [0.3, 0.4) is 0 Å². The van der Waals surface area contributed by atoms with Gasteiger partial charge in [-0.3, -0.25) is 9.71 Å². The SMILES string of the molecule is O=C(O)c1ncsc1NS(=O)(=O)c1cnc(-c2ccncc2)nc1. The summed E-state index contributed by atoms with van der Waals surface area (Å²) < 4.78 is 26.8. The summed E-state index contributed by atoms with van der Waals surface area (Å²) in [5, 5.41) is 8.88. The largest absolute Gasteiger partial charge is 0.476 e. The number of aromatic nitrogens is 4. The average Bonchev–Trinajstić information content (AvgIpc) is 3.03. The fraction of sp³-hybridized carbons (Fsp3) is 0. The molecule has 9 nitrogen and oxygen atoms in total. The van der Waals surface area contributed by atoms with Gasteiger partial charge in [0.1, 0.15) is 9.90 Å². The molecule has 0 aliphatic heterocycles. The van der Waals surface area contributed by atoms with E-state index in [0.717, 1.165) is 23.7 Å².